The lowest BCUT2D eigenvalue weighted by Crippen LogP contribution is -2.43. The van der Waals surface area contributed by atoms with Gasteiger partial charge in [-0.3, -0.25) is 0 Å². The molecule has 20 heavy (non-hydrogen) atoms. The molecule has 0 spiro atoms. The second kappa shape index (κ2) is 5.54. The fourth-order valence-corrected chi connectivity index (χ4v) is 3.03. The van der Waals surface area contributed by atoms with E-state index in [0.717, 1.165) is 43.7 Å². The molecular formula is C16H23N3O. The molecular weight excluding hydrogens is 250 g/mol. The maximum absolute atomic E-state index is 10.5. The van der Waals surface area contributed by atoms with E-state index in [1.807, 2.05) is 29.0 Å². The predicted molar refractivity (Wildman–Crippen MR) is 79.5 cm³/mol. The summed E-state index contributed by atoms with van der Waals surface area (Å²) in [6.07, 6.45) is 7.94. The normalized spacial score (nSPS) is 27.0. The van der Waals surface area contributed by atoms with Crippen LogP contribution in [-0.2, 0) is 6.54 Å². The number of aromatic nitrogens is 2. The van der Waals surface area contributed by atoms with Gasteiger partial charge in [0.05, 0.1) is 17.3 Å². The van der Waals surface area contributed by atoms with Crippen molar-refractivity contribution in [3.05, 3.63) is 36.2 Å². The quantitative estimate of drug-likeness (QED) is 0.899. The van der Waals surface area contributed by atoms with Crippen molar-refractivity contribution in [3.63, 3.8) is 0 Å². The van der Waals surface area contributed by atoms with E-state index in [9.17, 15) is 5.11 Å². The minimum atomic E-state index is -0.518. The van der Waals surface area contributed by atoms with Gasteiger partial charge in [-0.15, -0.1) is 0 Å². The molecule has 0 unspecified atom stereocenters. The summed E-state index contributed by atoms with van der Waals surface area (Å²) in [5.41, 5.74) is 1.79. The molecule has 2 aromatic rings. The molecule has 4 heteroatoms. The summed E-state index contributed by atoms with van der Waals surface area (Å²) in [6, 6.07) is 6.07. The van der Waals surface area contributed by atoms with Crippen molar-refractivity contribution >= 4 is 5.52 Å². The second-order valence-corrected chi connectivity index (χ2v) is 6.21. The highest BCUT2D eigenvalue weighted by Crippen LogP contribution is 2.31. The molecule has 4 nitrogen and oxygen atoms in total. The summed E-state index contributed by atoms with van der Waals surface area (Å²) in [5.74, 6) is 0.759. The Hall–Kier alpha value is -1.39. The molecule has 108 valence electrons. The average Bonchev–Trinajstić information content (AvgIpc) is 2.86. The Balaban J connectivity index is 1.57. The summed E-state index contributed by atoms with van der Waals surface area (Å²) < 4.78 is 1.88. The molecule has 1 saturated carbocycles. The Kier molecular flexibility index (Phi) is 3.76. The van der Waals surface area contributed by atoms with Crippen LogP contribution in [0.4, 0.5) is 0 Å². The Morgan fingerprint density at radius 2 is 2.20 bits per heavy atom. The molecule has 0 saturated heterocycles. The SMILES string of the molecule is CC1CCC(O)(CNCc2cnn3ccccc23)CC1. The van der Waals surface area contributed by atoms with Crippen LogP contribution in [0.15, 0.2) is 30.6 Å². The molecule has 0 amide bonds. The van der Waals surface area contributed by atoms with E-state index in [1.54, 1.807) is 0 Å². The van der Waals surface area contributed by atoms with Crippen LogP contribution in [0.5, 0.6) is 0 Å². The minimum Gasteiger partial charge on any atom is -0.389 e. The number of hydrogen-bond acceptors (Lipinski definition) is 3. The van der Waals surface area contributed by atoms with Crippen LogP contribution in [0.1, 0.15) is 38.2 Å². The number of fused-ring (bicyclic) bond motifs is 1. The number of rotatable bonds is 4. The Morgan fingerprint density at radius 1 is 1.40 bits per heavy atom. The average molecular weight is 273 g/mol. The van der Waals surface area contributed by atoms with E-state index < -0.39 is 5.60 Å². The van der Waals surface area contributed by atoms with Crippen molar-refractivity contribution in [1.29, 1.82) is 0 Å². The fourth-order valence-electron chi connectivity index (χ4n) is 3.03. The van der Waals surface area contributed by atoms with Crippen LogP contribution in [0.25, 0.3) is 5.52 Å². The molecule has 2 aromatic heterocycles. The van der Waals surface area contributed by atoms with Gasteiger partial charge in [-0.25, -0.2) is 4.52 Å². The highest BCUT2D eigenvalue weighted by Gasteiger charge is 2.31. The third-order valence-electron chi connectivity index (χ3n) is 4.48. The van der Waals surface area contributed by atoms with Gasteiger partial charge in [-0.05, 0) is 43.7 Å². The van der Waals surface area contributed by atoms with Crippen LogP contribution in [0, 0.1) is 5.92 Å². The monoisotopic (exact) mass is 273 g/mol. The van der Waals surface area contributed by atoms with Crippen molar-refractivity contribution in [2.24, 2.45) is 5.92 Å². The van der Waals surface area contributed by atoms with Crippen molar-refractivity contribution in [3.8, 4) is 0 Å². The lowest BCUT2D eigenvalue weighted by molar-refractivity contribution is -0.00628. The number of pyridine rings is 1. The summed E-state index contributed by atoms with van der Waals surface area (Å²) in [5, 5.41) is 18.3. The molecule has 2 N–H and O–H groups in total. The van der Waals surface area contributed by atoms with E-state index in [1.165, 1.54) is 5.56 Å². The Bertz CT molecular complexity index is 570. The van der Waals surface area contributed by atoms with E-state index in [0.29, 0.717) is 6.54 Å². The maximum Gasteiger partial charge on any atom is 0.0771 e. The van der Waals surface area contributed by atoms with Crippen LogP contribution in [0.2, 0.25) is 0 Å². The largest absolute Gasteiger partial charge is 0.389 e. The first kappa shape index (κ1) is 13.6. The van der Waals surface area contributed by atoms with Gasteiger partial charge >= 0.3 is 0 Å². The minimum absolute atomic E-state index is 0.518. The third kappa shape index (κ3) is 2.86. The molecule has 3 rings (SSSR count). The molecule has 1 fully saturated rings. The van der Waals surface area contributed by atoms with Crippen LogP contribution >= 0.6 is 0 Å². The maximum atomic E-state index is 10.5. The first-order valence-electron chi connectivity index (χ1n) is 7.51. The molecule has 1 aliphatic rings. The molecule has 0 aliphatic heterocycles. The standard InChI is InChI=1S/C16H23N3O/c1-13-5-7-16(20,8-6-13)12-17-10-14-11-18-19-9-3-2-4-15(14)19/h2-4,9,11,13,17,20H,5-8,10,12H2,1H3. The lowest BCUT2D eigenvalue weighted by Gasteiger charge is -2.35. The third-order valence-corrected chi connectivity index (χ3v) is 4.48. The fraction of sp³-hybridized carbons (Fsp3) is 0.562. The van der Waals surface area contributed by atoms with Crippen molar-refractivity contribution < 1.29 is 5.11 Å². The molecule has 0 aromatic carbocycles. The lowest BCUT2D eigenvalue weighted by atomic mass is 9.79. The van der Waals surface area contributed by atoms with Gasteiger partial charge in [0.25, 0.3) is 0 Å². The zero-order valence-electron chi connectivity index (χ0n) is 12.0. The van der Waals surface area contributed by atoms with Crippen molar-refractivity contribution in [2.75, 3.05) is 6.54 Å². The smallest absolute Gasteiger partial charge is 0.0771 e. The summed E-state index contributed by atoms with van der Waals surface area (Å²) in [7, 11) is 0. The number of hydrogen-bond donors (Lipinski definition) is 2. The molecule has 1 aliphatic carbocycles. The van der Waals surface area contributed by atoms with Crippen molar-refractivity contribution in [2.45, 2.75) is 44.8 Å². The van der Waals surface area contributed by atoms with Gasteiger partial charge < -0.3 is 10.4 Å². The Morgan fingerprint density at radius 3 is 3.00 bits per heavy atom. The van der Waals surface area contributed by atoms with E-state index in [4.69, 9.17) is 0 Å². The van der Waals surface area contributed by atoms with Crippen LogP contribution < -0.4 is 5.32 Å². The predicted octanol–water partition coefficient (Wildman–Crippen LogP) is 2.37. The van der Waals surface area contributed by atoms with Gasteiger partial charge in [0.15, 0.2) is 0 Å². The summed E-state index contributed by atoms with van der Waals surface area (Å²) in [6.45, 7) is 3.70. The number of nitrogens with zero attached hydrogens (tertiary/aromatic N) is 2. The van der Waals surface area contributed by atoms with E-state index in [2.05, 4.69) is 23.4 Å². The van der Waals surface area contributed by atoms with E-state index in [-0.39, 0.29) is 0 Å². The summed E-state index contributed by atoms with van der Waals surface area (Å²) >= 11 is 0. The van der Waals surface area contributed by atoms with Crippen molar-refractivity contribution in [1.82, 2.24) is 14.9 Å². The zero-order valence-corrected chi connectivity index (χ0v) is 12.0. The molecule has 0 bridgehead atoms. The number of aliphatic hydroxyl groups is 1. The first-order valence-corrected chi connectivity index (χ1v) is 7.51. The molecule has 0 radical (unpaired) electrons. The van der Waals surface area contributed by atoms with Gasteiger partial charge in [-0.1, -0.05) is 13.0 Å². The highest BCUT2D eigenvalue weighted by molar-refractivity contribution is 5.53. The van der Waals surface area contributed by atoms with Crippen LogP contribution in [0.3, 0.4) is 0 Å². The highest BCUT2D eigenvalue weighted by atomic mass is 16.3. The first-order chi connectivity index (χ1) is 9.66. The summed E-state index contributed by atoms with van der Waals surface area (Å²) in [4.78, 5) is 0. The van der Waals surface area contributed by atoms with Crippen LogP contribution in [-0.4, -0.2) is 26.9 Å². The van der Waals surface area contributed by atoms with Gasteiger partial charge in [0.2, 0.25) is 0 Å². The topological polar surface area (TPSA) is 49.6 Å². The zero-order chi connectivity index (χ0) is 14.0. The van der Waals surface area contributed by atoms with Gasteiger partial charge in [0, 0.05) is 24.8 Å². The Labute approximate surface area is 119 Å². The number of nitrogens with one attached hydrogen (secondary N) is 1. The molecule has 0 atom stereocenters. The van der Waals surface area contributed by atoms with Gasteiger partial charge in [-0.2, -0.15) is 5.10 Å². The molecule has 2 heterocycles. The van der Waals surface area contributed by atoms with Gasteiger partial charge in [0.1, 0.15) is 0 Å². The van der Waals surface area contributed by atoms with E-state index >= 15 is 0 Å². The second-order valence-electron chi connectivity index (χ2n) is 6.21.